The molecule has 0 heterocycles. The quantitative estimate of drug-likeness (QED) is 0.731. The first-order valence-electron chi connectivity index (χ1n) is 5.54. The zero-order chi connectivity index (χ0) is 15.5. The fraction of sp³-hybridized carbons (Fsp3) is 0.364. The number of aliphatic hydroxyl groups is 1. The zero-order valence-corrected chi connectivity index (χ0v) is 12.8. The number of carboxylic acid groups (broad SMARTS) is 1. The number of halogens is 2. The summed E-state index contributed by atoms with van der Waals surface area (Å²) in [7, 11) is -4.03. The van der Waals surface area contributed by atoms with Gasteiger partial charge < -0.3 is 10.2 Å². The fourth-order valence-electron chi connectivity index (χ4n) is 1.50. The average Bonchev–Trinajstić information content (AvgIpc) is 2.30. The Morgan fingerprint density at radius 3 is 2.50 bits per heavy atom. The van der Waals surface area contributed by atoms with E-state index < -0.39 is 37.5 Å². The molecular weight excluding hydrogens is 329 g/mol. The second-order valence-electron chi connectivity index (χ2n) is 4.11. The molecule has 1 rings (SSSR count). The Kier molecular flexibility index (Phi) is 5.79. The maximum Gasteiger partial charge on any atom is 0.337 e. The standard InChI is InChI=1S/C11H13Cl2NO5S/c1-6(2-3-15)14-20(18,19)9-5-7(12)4-8(10(9)13)11(16)17/h4-6,14-15H,2-3H2,1H3,(H,16,17). The summed E-state index contributed by atoms with van der Waals surface area (Å²) < 4.78 is 26.6. The Bertz CT molecular complexity index is 617. The molecule has 9 heteroatoms. The Morgan fingerprint density at radius 2 is 2.00 bits per heavy atom. The molecular formula is C11H13Cl2NO5S. The van der Waals surface area contributed by atoms with Gasteiger partial charge in [-0.1, -0.05) is 23.2 Å². The number of rotatable bonds is 6. The van der Waals surface area contributed by atoms with E-state index in [1.807, 2.05) is 0 Å². The second kappa shape index (κ2) is 6.73. The number of sulfonamides is 1. The van der Waals surface area contributed by atoms with Gasteiger partial charge >= 0.3 is 5.97 Å². The van der Waals surface area contributed by atoms with Gasteiger partial charge in [-0.3, -0.25) is 0 Å². The Morgan fingerprint density at radius 1 is 1.40 bits per heavy atom. The second-order valence-corrected chi connectivity index (χ2v) is 6.60. The lowest BCUT2D eigenvalue weighted by atomic mass is 10.2. The van der Waals surface area contributed by atoms with Gasteiger partial charge in [-0.2, -0.15) is 0 Å². The first-order valence-corrected chi connectivity index (χ1v) is 7.78. The van der Waals surface area contributed by atoms with Crippen LogP contribution in [0, 0.1) is 0 Å². The first kappa shape index (κ1) is 17.2. The molecule has 0 aromatic heterocycles. The summed E-state index contributed by atoms with van der Waals surface area (Å²) in [5.74, 6) is -1.38. The fourth-order valence-corrected chi connectivity index (χ4v) is 3.68. The van der Waals surface area contributed by atoms with Gasteiger partial charge in [-0.25, -0.2) is 17.9 Å². The van der Waals surface area contributed by atoms with Crippen LogP contribution in [0.15, 0.2) is 17.0 Å². The van der Waals surface area contributed by atoms with Crippen LogP contribution < -0.4 is 4.72 Å². The van der Waals surface area contributed by atoms with Crippen LogP contribution in [0.2, 0.25) is 10.0 Å². The number of carboxylic acids is 1. The topological polar surface area (TPSA) is 104 Å². The van der Waals surface area contributed by atoms with E-state index in [2.05, 4.69) is 4.72 Å². The van der Waals surface area contributed by atoms with E-state index >= 15 is 0 Å². The van der Waals surface area contributed by atoms with Gasteiger partial charge in [0, 0.05) is 17.7 Å². The van der Waals surface area contributed by atoms with Crippen LogP contribution in [0.4, 0.5) is 0 Å². The minimum absolute atomic E-state index is 0.0537. The maximum absolute atomic E-state index is 12.1. The van der Waals surface area contributed by atoms with Crippen molar-refractivity contribution in [2.45, 2.75) is 24.3 Å². The van der Waals surface area contributed by atoms with Crippen LogP contribution in [0.1, 0.15) is 23.7 Å². The van der Waals surface area contributed by atoms with Gasteiger partial charge in [0.15, 0.2) is 0 Å². The van der Waals surface area contributed by atoms with Crippen LogP contribution in [-0.4, -0.2) is 37.2 Å². The highest BCUT2D eigenvalue weighted by molar-refractivity contribution is 7.89. The SMILES string of the molecule is CC(CCO)NS(=O)(=O)c1cc(Cl)cc(C(=O)O)c1Cl. The first-order chi connectivity index (χ1) is 9.19. The number of benzene rings is 1. The summed E-state index contributed by atoms with van der Waals surface area (Å²) >= 11 is 11.5. The average molecular weight is 342 g/mol. The molecule has 20 heavy (non-hydrogen) atoms. The van der Waals surface area contributed by atoms with Gasteiger partial charge in [0.05, 0.1) is 10.6 Å². The molecule has 0 saturated heterocycles. The van der Waals surface area contributed by atoms with Crippen molar-refractivity contribution in [3.05, 3.63) is 27.7 Å². The molecule has 3 N–H and O–H groups in total. The molecule has 6 nitrogen and oxygen atoms in total. The zero-order valence-electron chi connectivity index (χ0n) is 10.4. The van der Waals surface area contributed by atoms with E-state index in [0.29, 0.717) is 0 Å². The molecule has 0 aliphatic heterocycles. The highest BCUT2D eigenvalue weighted by Crippen LogP contribution is 2.29. The largest absolute Gasteiger partial charge is 0.478 e. The summed E-state index contributed by atoms with van der Waals surface area (Å²) in [4.78, 5) is 10.6. The highest BCUT2D eigenvalue weighted by Gasteiger charge is 2.25. The van der Waals surface area contributed by atoms with E-state index in [9.17, 15) is 13.2 Å². The van der Waals surface area contributed by atoms with Crippen molar-refractivity contribution in [2.75, 3.05) is 6.61 Å². The Labute approximate surface area is 126 Å². The minimum atomic E-state index is -4.03. The van der Waals surface area contributed by atoms with Crippen molar-refractivity contribution in [1.29, 1.82) is 0 Å². The number of aromatic carboxylic acids is 1. The van der Waals surface area contributed by atoms with Crippen LogP contribution in [0.25, 0.3) is 0 Å². The van der Waals surface area contributed by atoms with Crippen molar-refractivity contribution < 1.29 is 23.4 Å². The number of hydrogen-bond acceptors (Lipinski definition) is 4. The van der Waals surface area contributed by atoms with Crippen molar-refractivity contribution in [3.63, 3.8) is 0 Å². The van der Waals surface area contributed by atoms with E-state index in [1.54, 1.807) is 6.92 Å². The lowest BCUT2D eigenvalue weighted by Gasteiger charge is -2.15. The predicted octanol–water partition coefficient (Wildman–Crippen LogP) is 1.74. The van der Waals surface area contributed by atoms with E-state index in [1.165, 1.54) is 0 Å². The molecule has 0 fully saturated rings. The molecule has 112 valence electrons. The number of nitrogens with one attached hydrogen (secondary N) is 1. The molecule has 0 aliphatic carbocycles. The normalized spacial score (nSPS) is 13.2. The summed E-state index contributed by atoms with van der Waals surface area (Å²) in [5.41, 5.74) is -0.394. The summed E-state index contributed by atoms with van der Waals surface area (Å²) in [5, 5.41) is 17.2. The molecule has 0 saturated carbocycles. The molecule has 1 aromatic rings. The highest BCUT2D eigenvalue weighted by atomic mass is 35.5. The number of aliphatic hydroxyl groups excluding tert-OH is 1. The molecule has 1 atom stereocenters. The van der Waals surface area contributed by atoms with Gasteiger partial charge in [-0.05, 0) is 25.5 Å². The Hall–Kier alpha value is -0.860. The summed E-state index contributed by atoms with van der Waals surface area (Å²) in [6.07, 6.45) is 0.212. The molecule has 0 amide bonds. The molecule has 0 radical (unpaired) electrons. The van der Waals surface area contributed by atoms with Crippen LogP contribution >= 0.6 is 23.2 Å². The smallest absolute Gasteiger partial charge is 0.337 e. The van der Waals surface area contributed by atoms with Crippen LogP contribution in [0.3, 0.4) is 0 Å². The Balaban J connectivity index is 3.28. The molecule has 1 unspecified atom stereocenters. The van der Waals surface area contributed by atoms with Crippen molar-refractivity contribution >= 4 is 39.2 Å². The maximum atomic E-state index is 12.1. The predicted molar refractivity (Wildman–Crippen MR) is 74.9 cm³/mol. The van der Waals surface area contributed by atoms with Crippen molar-refractivity contribution in [2.24, 2.45) is 0 Å². The van der Waals surface area contributed by atoms with E-state index in [4.69, 9.17) is 33.4 Å². The van der Waals surface area contributed by atoms with Crippen molar-refractivity contribution in [3.8, 4) is 0 Å². The monoisotopic (exact) mass is 341 g/mol. The van der Waals surface area contributed by atoms with Gasteiger partial charge in [-0.15, -0.1) is 0 Å². The summed E-state index contributed by atoms with van der Waals surface area (Å²) in [6.45, 7) is 1.37. The van der Waals surface area contributed by atoms with Crippen LogP contribution in [-0.2, 0) is 10.0 Å². The molecule has 0 aliphatic rings. The van der Waals surface area contributed by atoms with E-state index in [-0.39, 0.29) is 18.1 Å². The van der Waals surface area contributed by atoms with Crippen molar-refractivity contribution in [1.82, 2.24) is 4.72 Å². The van der Waals surface area contributed by atoms with Gasteiger partial charge in [0.1, 0.15) is 4.90 Å². The third kappa shape index (κ3) is 4.07. The van der Waals surface area contributed by atoms with Crippen LogP contribution in [0.5, 0.6) is 0 Å². The summed E-state index contributed by atoms with van der Waals surface area (Å²) in [6, 6.07) is 1.61. The molecule has 0 spiro atoms. The van der Waals surface area contributed by atoms with Gasteiger partial charge in [0.25, 0.3) is 0 Å². The lowest BCUT2D eigenvalue weighted by molar-refractivity contribution is 0.0697. The van der Waals surface area contributed by atoms with Gasteiger partial charge in [0.2, 0.25) is 10.0 Å². The molecule has 1 aromatic carbocycles. The number of carbonyl (C=O) groups is 1. The van der Waals surface area contributed by atoms with E-state index in [0.717, 1.165) is 12.1 Å². The third-order valence-corrected chi connectivity index (χ3v) is 4.79. The number of hydrogen-bond donors (Lipinski definition) is 3. The lowest BCUT2D eigenvalue weighted by Crippen LogP contribution is -2.33. The minimum Gasteiger partial charge on any atom is -0.478 e. The third-order valence-electron chi connectivity index (χ3n) is 2.44. The molecule has 0 bridgehead atoms.